The molecule has 1 unspecified atom stereocenters. The first-order chi connectivity index (χ1) is 9.47. The Labute approximate surface area is 124 Å². The predicted molar refractivity (Wildman–Crippen MR) is 87.2 cm³/mol. The fraction of sp³-hybridized carbons (Fsp3) is 0.667. The lowest BCUT2D eigenvalue weighted by Crippen LogP contribution is -2.41. The summed E-state index contributed by atoms with van der Waals surface area (Å²) in [5, 5.41) is 3.69. The van der Waals surface area contributed by atoms with Gasteiger partial charge >= 0.3 is 0 Å². The van der Waals surface area contributed by atoms with Crippen molar-refractivity contribution in [3.8, 4) is 0 Å². The number of nitrogens with zero attached hydrogens (tertiary/aromatic N) is 1. The van der Waals surface area contributed by atoms with Crippen LogP contribution in [0.5, 0.6) is 0 Å². The molecule has 0 bridgehead atoms. The monoisotopic (exact) mass is 274 g/mol. The standard InChI is InChI=1S/C18H30N2/c1-13(2)18-12-20(8-6-7-19-18)11-17-15(4)9-14(3)10-16(17)5/h9-10,13,18-19H,6-8,11-12H2,1-5H3. The average Bonchev–Trinajstić information content (AvgIpc) is 2.59. The Bertz CT molecular complexity index is 428. The van der Waals surface area contributed by atoms with E-state index in [0.717, 1.165) is 13.1 Å². The summed E-state index contributed by atoms with van der Waals surface area (Å²) in [6.07, 6.45) is 1.26. The van der Waals surface area contributed by atoms with Gasteiger partial charge in [-0.3, -0.25) is 4.90 Å². The van der Waals surface area contributed by atoms with E-state index in [1.54, 1.807) is 0 Å². The maximum Gasteiger partial charge on any atom is 0.0239 e. The van der Waals surface area contributed by atoms with Gasteiger partial charge in [0.1, 0.15) is 0 Å². The molecule has 1 aromatic rings. The van der Waals surface area contributed by atoms with Gasteiger partial charge in [-0.1, -0.05) is 31.5 Å². The van der Waals surface area contributed by atoms with Crippen LogP contribution in [0.4, 0.5) is 0 Å². The van der Waals surface area contributed by atoms with Crippen molar-refractivity contribution >= 4 is 0 Å². The fourth-order valence-electron chi connectivity index (χ4n) is 3.30. The van der Waals surface area contributed by atoms with Crippen LogP contribution in [0.15, 0.2) is 12.1 Å². The zero-order valence-electron chi connectivity index (χ0n) is 13.8. The molecule has 1 aliphatic heterocycles. The number of rotatable bonds is 3. The molecule has 1 N–H and O–H groups in total. The molecule has 1 heterocycles. The number of aryl methyl sites for hydroxylation is 3. The molecule has 1 atom stereocenters. The van der Waals surface area contributed by atoms with Gasteiger partial charge in [-0.15, -0.1) is 0 Å². The zero-order chi connectivity index (χ0) is 14.7. The van der Waals surface area contributed by atoms with Crippen molar-refractivity contribution in [1.82, 2.24) is 10.2 Å². The van der Waals surface area contributed by atoms with Crippen molar-refractivity contribution < 1.29 is 0 Å². The molecule has 1 aliphatic rings. The second kappa shape index (κ2) is 6.73. The molecule has 2 heteroatoms. The highest BCUT2D eigenvalue weighted by Crippen LogP contribution is 2.20. The summed E-state index contributed by atoms with van der Waals surface area (Å²) in [5.41, 5.74) is 5.79. The zero-order valence-corrected chi connectivity index (χ0v) is 13.8. The van der Waals surface area contributed by atoms with Crippen molar-refractivity contribution in [3.63, 3.8) is 0 Å². The van der Waals surface area contributed by atoms with Crippen molar-refractivity contribution in [2.45, 2.75) is 53.6 Å². The van der Waals surface area contributed by atoms with Crippen LogP contribution in [0, 0.1) is 26.7 Å². The molecule has 1 saturated heterocycles. The van der Waals surface area contributed by atoms with E-state index in [2.05, 4.69) is 57.0 Å². The number of hydrogen-bond acceptors (Lipinski definition) is 2. The summed E-state index contributed by atoms with van der Waals surface area (Å²) in [6, 6.07) is 5.26. The second-order valence-electron chi connectivity index (χ2n) is 6.77. The van der Waals surface area contributed by atoms with Crippen molar-refractivity contribution in [2.75, 3.05) is 19.6 Å². The first-order valence-electron chi connectivity index (χ1n) is 8.00. The van der Waals surface area contributed by atoms with Gasteiger partial charge in [-0.2, -0.15) is 0 Å². The van der Waals surface area contributed by atoms with Crippen molar-refractivity contribution in [1.29, 1.82) is 0 Å². The van der Waals surface area contributed by atoms with Gasteiger partial charge in [0.15, 0.2) is 0 Å². The van der Waals surface area contributed by atoms with Gasteiger partial charge in [0.2, 0.25) is 0 Å². The molecular weight excluding hydrogens is 244 g/mol. The molecule has 0 aliphatic carbocycles. The molecule has 2 rings (SSSR count). The van der Waals surface area contributed by atoms with Crippen molar-refractivity contribution in [3.05, 3.63) is 34.4 Å². The molecule has 0 aromatic heterocycles. The van der Waals surface area contributed by atoms with Crippen LogP contribution in [0.2, 0.25) is 0 Å². The largest absolute Gasteiger partial charge is 0.312 e. The Morgan fingerprint density at radius 2 is 1.85 bits per heavy atom. The van der Waals surface area contributed by atoms with Gasteiger partial charge in [0, 0.05) is 19.1 Å². The number of nitrogens with one attached hydrogen (secondary N) is 1. The molecule has 0 amide bonds. The quantitative estimate of drug-likeness (QED) is 0.908. The Kier molecular flexibility index (Phi) is 5.22. The molecule has 2 nitrogen and oxygen atoms in total. The summed E-state index contributed by atoms with van der Waals surface area (Å²) in [7, 11) is 0. The van der Waals surface area contributed by atoms with E-state index in [1.807, 2.05) is 0 Å². The van der Waals surface area contributed by atoms with Gasteiger partial charge in [0.05, 0.1) is 0 Å². The first kappa shape index (κ1) is 15.5. The molecule has 0 radical (unpaired) electrons. The smallest absolute Gasteiger partial charge is 0.0239 e. The Balaban J connectivity index is 2.12. The topological polar surface area (TPSA) is 15.3 Å². The third kappa shape index (κ3) is 3.83. The van der Waals surface area contributed by atoms with E-state index in [9.17, 15) is 0 Å². The van der Waals surface area contributed by atoms with Crippen LogP contribution < -0.4 is 5.32 Å². The minimum absolute atomic E-state index is 0.628. The Hall–Kier alpha value is -0.860. The van der Waals surface area contributed by atoms with E-state index in [0.29, 0.717) is 12.0 Å². The van der Waals surface area contributed by atoms with Gasteiger partial charge in [-0.05, 0) is 62.9 Å². The van der Waals surface area contributed by atoms with E-state index in [1.165, 1.54) is 41.8 Å². The van der Waals surface area contributed by atoms with Gasteiger partial charge < -0.3 is 5.32 Å². The highest BCUT2D eigenvalue weighted by atomic mass is 15.2. The van der Waals surface area contributed by atoms with Crippen LogP contribution in [-0.2, 0) is 6.54 Å². The predicted octanol–water partition coefficient (Wildman–Crippen LogP) is 3.43. The van der Waals surface area contributed by atoms with Gasteiger partial charge in [-0.25, -0.2) is 0 Å². The third-order valence-corrected chi connectivity index (χ3v) is 4.54. The van der Waals surface area contributed by atoms with Crippen LogP contribution in [0.25, 0.3) is 0 Å². The molecule has 112 valence electrons. The number of benzene rings is 1. The lowest BCUT2D eigenvalue weighted by atomic mass is 9.98. The molecule has 0 saturated carbocycles. The molecular formula is C18H30N2. The van der Waals surface area contributed by atoms with Crippen molar-refractivity contribution in [2.24, 2.45) is 5.92 Å². The first-order valence-corrected chi connectivity index (χ1v) is 8.00. The molecule has 1 fully saturated rings. The van der Waals surface area contributed by atoms with E-state index < -0.39 is 0 Å². The maximum atomic E-state index is 3.69. The minimum Gasteiger partial charge on any atom is -0.312 e. The Morgan fingerprint density at radius 3 is 2.45 bits per heavy atom. The summed E-state index contributed by atoms with van der Waals surface area (Å²) >= 11 is 0. The highest BCUT2D eigenvalue weighted by Gasteiger charge is 2.21. The van der Waals surface area contributed by atoms with E-state index >= 15 is 0 Å². The fourth-order valence-corrected chi connectivity index (χ4v) is 3.30. The summed E-state index contributed by atoms with van der Waals surface area (Å²) in [5.74, 6) is 0.704. The number of hydrogen-bond donors (Lipinski definition) is 1. The summed E-state index contributed by atoms with van der Waals surface area (Å²) in [6.45, 7) is 16.0. The average molecular weight is 274 g/mol. The summed E-state index contributed by atoms with van der Waals surface area (Å²) in [4.78, 5) is 2.63. The second-order valence-corrected chi connectivity index (χ2v) is 6.77. The highest BCUT2D eigenvalue weighted by molar-refractivity contribution is 5.37. The van der Waals surface area contributed by atoms with Crippen LogP contribution in [0.3, 0.4) is 0 Å². The maximum absolute atomic E-state index is 3.69. The van der Waals surface area contributed by atoms with Crippen LogP contribution >= 0.6 is 0 Å². The van der Waals surface area contributed by atoms with Crippen LogP contribution in [-0.4, -0.2) is 30.6 Å². The minimum atomic E-state index is 0.628. The van der Waals surface area contributed by atoms with Gasteiger partial charge in [0.25, 0.3) is 0 Å². The third-order valence-electron chi connectivity index (χ3n) is 4.54. The van der Waals surface area contributed by atoms with E-state index in [-0.39, 0.29) is 0 Å². The lowest BCUT2D eigenvalue weighted by Gasteiger charge is -2.28. The molecule has 1 aromatic carbocycles. The Morgan fingerprint density at radius 1 is 1.20 bits per heavy atom. The van der Waals surface area contributed by atoms with Crippen LogP contribution in [0.1, 0.15) is 42.5 Å². The SMILES string of the molecule is Cc1cc(C)c(CN2CCCNC(C(C)C)C2)c(C)c1. The van der Waals surface area contributed by atoms with E-state index in [4.69, 9.17) is 0 Å². The lowest BCUT2D eigenvalue weighted by molar-refractivity contribution is 0.238. The molecule has 0 spiro atoms. The normalized spacial score (nSPS) is 21.2. The molecule has 20 heavy (non-hydrogen) atoms. The summed E-state index contributed by atoms with van der Waals surface area (Å²) < 4.78 is 0.